The monoisotopic (exact) mass is 301 g/mol. The van der Waals surface area contributed by atoms with E-state index in [4.69, 9.17) is 0 Å². The van der Waals surface area contributed by atoms with E-state index in [1.54, 1.807) is 11.3 Å². The van der Waals surface area contributed by atoms with Gasteiger partial charge in [0.2, 0.25) is 0 Å². The van der Waals surface area contributed by atoms with Crippen LogP contribution in [0.2, 0.25) is 0 Å². The van der Waals surface area contributed by atoms with Gasteiger partial charge in [0.1, 0.15) is 0 Å². The van der Waals surface area contributed by atoms with Crippen molar-refractivity contribution < 1.29 is 4.79 Å². The van der Waals surface area contributed by atoms with Gasteiger partial charge in [0.25, 0.3) is 0 Å². The molecule has 0 spiro atoms. The smallest absolute Gasteiger partial charge is 0.164 e. The molecule has 0 aliphatic heterocycles. The van der Waals surface area contributed by atoms with Crippen LogP contribution in [0.1, 0.15) is 34.1 Å². The Morgan fingerprint density at radius 2 is 1.95 bits per heavy atom. The van der Waals surface area contributed by atoms with E-state index in [0.717, 1.165) is 18.5 Å². The predicted octanol–water partition coefficient (Wildman–Crippen LogP) is 4.19. The van der Waals surface area contributed by atoms with Crippen LogP contribution in [-0.2, 0) is 6.42 Å². The zero-order valence-electron chi connectivity index (χ0n) is 13.0. The van der Waals surface area contributed by atoms with Crippen LogP contribution in [0.4, 0.5) is 0 Å². The highest BCUT2D eigenvalue weighted by molar-refractivity contribution is 7.09. The normalized spacial score (nSPS) is 12.6. The maximum atomic E-state index is 12.2. The lowest BCUT2D eigenvalue weighted by Gasteiger charge is -2.24. The van der Waals surface area contributed by atoms with Crippen molar-refractivity contribution in [3.05, 3.63) is 57.8 Å². The van der Waals surface area contributed by atoms with Crippen molar-refractivity contribution in [2.75, 3.05) is 13.6 Å². The summed E-state index contributed by atoms with van der Waals surface area (Å²) in [6.45, 7) is 5.06. The SMILES string of the molecule is Cc1ccc(C(=O)CCN(C)C(C)Cc2cccs2)cc1. The van der Waals surface area contributed by atoms with Crippen LogP contribution in [0, 0.1) is 6.92 Å². The Bertz CT molecular complexity index is 559. The van der Waals surface area contributed by atoms with Crippen molar-refractivity contribution in [1.82, 2.24) is 4.90 Å². The van der Waals surface area contributed by atoms with Gasteiger partial charge in [-0.1, -0.05) is 35.9 Å². The number of nitrogens with zero attached hydrogens (tertiary/aromatic N) is 1. The Kier molecular flexibility index (Phi) is 5.71. The lowest BCUT2D eigenvalue weighted by molar-refractivity contribution is 0.0962. The van der Waals surface area contributed by atoms with E-state index in [2.05, 4.69) is 36.4 Å². The summed E-state index contributed by atoms with van der Waals surface area (Å²) < 4.78 is 0. The standard InChI is InChI=1S/C18H23NOS/c1-14-6-8-16(9-7-14)18(20)10-11-19(3)15(2)13-17-5-4-12-21-17/h4-9,12,15H,10-11,13H2,1-3H3. The second-order valence-electron chi connectivity index (χ2n) is 5.65. The number of thiophene rings is 1. The van der Waals surface area contributed by atoms with Gasteiger partial charge in [0.05, 0.1) is 0 Å². The number of Topliss-reactive ketones (excluding diaryl/α,β-unsaturated/α-hetero) is 1. The molecule has 21 heavy (non-hydrogen) atoms. The first-order chi connectivity index (χ1) is 10.1. The van der Waals surface area contributed by atoms with Gasteiger partial charge in [-0.05, 0) is 38.8 Å². The lowest BCUT2D eigenvalue weighted by atomic mass is 10.1. The fraction of sp³-hybridized carbons (Fsp3) is 0.389. The fourth-order valence-corrected chi connectivity index (χ4v) is 3.08. The van der Waals surface area contributed by atoms with Crippen LogP contribution in [0.5, 0.6) is 0 Å². The number of hydrogen-bond donors (Lipinski definition) is 0. The van der Waals surface area contributed by atoms with Gasteiger partial charge in [0, 0.05) is 29.4 Å². The molecule has 0 saturated carbocycles. The summed E-state index contributed by atoms with van der Waals surface area (Å²) in [6, 6.07) is 12.6. The molecular formula is C18H23NOS. The molecule has 0 aliphatic carbocycles. The fourth-order valence-electron chi connectivity index (χ4n) is 2.26. The maximum absolute atomic E-state index is 12.2. The largest absolute Gasteiger partial charge is 0.303 e. The van der Waals surface area contributed by atoms with E-state index >= 15 is 0 Å². The first-order valence-corrected chi connectivity index (χ1v) is 8.26. The molecule has 1 aromatic heterocycles. The molecule has 0 aliphatic rings. The van der Waals surface area contributed by atoms with Crippen molar-refractivity contribution in [2.24, 2.45) is 0 Å². The van der Waals surface area contributed by atoms with Crippen molar-refractivity contribution in [2.45, 2.75) is 32.7 Å². The Morgan fingerprint density at radius 1 is 1.24 bits per heavy atom. The molecule has 3 heteroatoms. The minimum Gasteiger partial charge on any atom is -0.303 e. The quantitative estimate of drug-likeness (QED) is 0.715. The van der Waals surface area contributed by atoms with E-state index in [0.29, 0.717) is 12.5 Å². The summed E-state index contributed by atoms with van der Waals surface area (Å²) >= 11 is 1.80. The third-order valence-electron chi connectivity index (χ3n) is 3.89. The Morgan fingerprint density at radius 3 is 2.57 bits per heavy atom. The molecule has 0 saturated heterocycles. The van der Waals surface area contributed by atoms with Gasteiger partial charge in [-0.25, -0.2) is 0 Å². The van der Waals surface area contributed by atoms with Gasteiger partial charge in [-0.2, -0.15) is 0 Å². The lowest BCUT2D eigenvalue weighted by Crippen LogP contribution is -2.32. The number of benzene rings is 1. The van der Waals surface area contributed by atoms with Crippen LogP contribution in [-0.4, -0.2) is 30.3 Å². The van der Waals surface area contributed by atoms with Crippen LogP contribution in [0.15, 0.2) is 41.8 Å². The predicted molar refractivity (Wildman–Crippen MR) is 90.2 cm³/mol. The molecule has 1 heterocycles. The second kappa shape index (κ2) is 7.53. The number of ketones is 1. The molecule has 112 valence electrons. The second-order valence-corrected chi connectivity index (χ2v) is 6.68. The molecule has 1 atom stereocenters. The third kappa shape index (κ3) is 4.80. The minimum absolute atomic E-state index is 0.227. The minimum atomic E-state index is 0.227. The third-order valence-corrected chi connectivity index (χ3v) is 4.79. The first kappa shape index (κ1) is 15.9. The molecule has 0 bridgehead atoms. The van der Waals surface area contributed by atoms with Gasteiger partial charge in [-0.15, -0.1) is 11.3 Å². The van der Waals surface area contributed by atoms with Crippen molar-refractivity contribution in [3.63, 3.8) is 0 Å². The van der Waals surface area contributed by atoms with E-state index in [1.165, 1.54) is 10.4 Å². The Balaban J connectivity index is 1.81. The van der Waals surface area contributed by atoms with Crippen LogP contribution >= 0.6 is 11.3 Å². The summed E-state index contributed by atoms with van der Waals surface area (Å²) in [5.74, 6) is 0.227. The summed E-state index contributed by atoms with van der Waals surface area (Å²) in [6.07, 6.45) is 1.63. The molecule has 2 nitrogen and oxygen atoms in total. The molecule has 0 N–H and O–H groups in total. The van der Waals surface area contributed by atoms with Gasteiger partial charge < -0.3 is 4.90 Å². The zero-order valence-corrected chi connectivity index (χ0v) is 13.8. The number of rotatable bonds is 7. The maximum Gasteiger partial charge on any atom is 0.164 e. The summed E-state index contributed by atoms with van der Waals surface area (Å²) in [5.41, 5.74) is 2.01. The average molecular weight is 301 g/mol. The summed E-state index contributed by atoms with van der Waals surface area (Å²) in [5, 5.41) is 2.11. The molecule has 0 radical (unpaired) electrons. The highest BCUT2D eigenvalue weighted by Gasteiger charge is 2.13. The first-order valence-electron chi connectivity index (χ1n) is 7.39. The van der Waals surface area contributed by atoms with Crippen molar-refractivity contribution in [3.8, 4) is 0 Å². The topological polar surface area (TPSA) is 20.3 Å². The Hall–Kier alpha value is -1.45. The number of carbonyl (C=O) groups excluding carboxylic acids is 1. The van der Waals surface area contributed by atoms with Crippen molar-refractivity contribution >= 4 is 17.1 Å². The van der Waals surface area contributed by atoms with Gasteiger partial charge >= 0.3 is 0 Å². The van der Waals surface area contributed by atoms with Crippen LogP contribution < -0.4 is 0 Å². The number of likely N-dealkylation sites (N-methyl/N-ethyl adjacent to an activating group) is 1. The van der Waals surface area contributed by atoms with Crippen molar-refractivity contribution in [1.29, 1.82) is 0 Å². The highest BCUT2D eigenvalue weighted by Crippen LogP contribution is 2.14. The molecular weight excluding hydrogens is 278 g/mol. The molecule has 2 aromatic rings. The molecule has 2 rings (SSSR count). The van der Waals surface area contributed by atoms with E-state index in [9.17, 15) is 4.79 Å². The number of carbonyl (C=O) groups is 1. The van der Waals surface area contributed by atoms with Crippen LogP contribution in [0.25, 0.3) is 0 Å². The van der Waals surface area contributed by atoms with E-state index in [1.807, 2.05) is 31.2 Å². The summed E-state index contributed by atoms with van der Waals surface area (Å²) in [7, 11) is 2.10. The van der Waals surface area contributed by atoms with E-state index in [-0.39, 0.29) is 5.78 Å². The highest BCUT2D eigenvalue weighted by atomic mass is 32.1. The summed E-state index contributed by atoms with van der Waals surface area (Å²) in [4.78, 5) is 15.8. The van der Waals surface area contributed by atoms with Gasteiger partial charge in [0.15, 0.2) is 5.78 Å². The van der Waals surface area contributed by atoms with Crippen LogP contribution in [0.3, 0.4) is 0 Å². The van der Waals surface area contributed by atoms with Gasteiger partial charge in [-0.3, -0.25) is 4.79 Å². The molecule has 0 fully saturated rings. The molecule has 1 aromatic carbocycles. The molecule has 0 amide bonds. The van der Waals surface area contributed by atoms with E-state index < -0.39 is 0 Å². The average Bonchev–Trinajstić information content (AvgIpc) is 2.98. The molecule has 1 unspecified atom stereocenters. The number of aryl methyl sites for hydroxylation is 1. The number of hydrogen-bond acceptors (Lipinski definition) is 3. The zero-order chi connectivity index (χ0) is 15.2. The Labute approximate surface area is 131 Å².